The molecule has 0 aromatic rings. The summed E-state index contributed by atoms with van der Waals surface area (Å²) in [6.45, 7) is 5.40. The second kappa shape index (κ2) is 6.54. The zero-order valence-electron chi connectivity index (χ0n) is 15.3. The lowest BCUT2D eigenvalue weighted by Crippen LogP contribution is -2.45. The lowest BCUT2D eigenvalue weighted by Gasteiger charge is -2.34. The van der Waals surface area contributed by atoms with Crippen LogP contribution in [0.2, 0.25) is 0 Å². The van der Waals surface area contributed by atoms with Crippen molar-refractivity contribution in [3.05, 3.63) is 6.92 Å². The first-order chi connectivity index (χ1) is 12.5. The number of unbranched alkanes of at least 4 members (excludes halogenated alkanes) is 1. The van der Waals surface area contributed by atoms with E-state index in [-0.39, 0.29) is 29.4 Å². The Morgan fingerprint density at radius 1 is 1.27 bits per heavy atom. The zero-order chi connectivity index (χ0) is 18.5. The Bertz CT molecular complexity index is 607. The summed E-state index contributed by atoms with van der Waals surface area (Å²) in [4.78, 5) is 36.8. The third-order valence-electron chi connectivity index (χ3n) is 6.90. The summed E-state index contributed by atoms with van der Waals surface area (Å²) < 4.78 is 16.9. The molecular weight excluding hydrogens is 336 g/mol. The number of hydrogen-bond acceptors (Lipinski definition) is 6. The maximum Gasteiger partial charge on any atom is 0.310 e. The highest BCUT2D eigenvalue weighted by Gasteiger charge is 2.70. The Morgan fingerprint density at radius 3 is 2.65 bits per heavy atom. The predicted molar refractivity (Wildman–Crippen MR) is 90.5 cm³/mol. The van der Waals surface area contributed by atoms with E-state index in [0.717, 1.165) is 44.9 Å². The molecule has 3 aliphatic carbocycles. The van der Waals surface area contributed by atoms with Gasteiger partial charge in [0.15, 0.2) is 0 Å². The Hall–Kier alpha value is -1.59. The molecule has 6 heteroatoms. The van der Waals surface area contributed by atoms with Crippen molar-refractivity contribution < 1.29 is 28.6 Å². The zero-order valence-corrected chi connectivity index (χ0v) is 15.3. The molecule has 0 aromatic carbocycles. The molecule has 2 bridgehead atoms. The van der Waals surface area contributed by atoms with Gasteiger partial charge in [-0.3, -0.25) is 14.4 Å². The van der Waals surface area contributed by atoms with Gasteiger partial charge in [-0.05, 0) is 44.9 Å². The minimum atomic E-state index is -0.649. The quantitative estimate of drug-likeness (QED) is 0.533. The molecule has 26 heavy (non-hydrogen) atoms. The summed E-state index contributed by atoms with van der Waals surface area (Å²) >= 11 is 0. The van der Waals surface area contributed by atoms with E-state index >= 15 is 0 Å². The van der Waals surface area contributed by atoms with Crippen LogP contribution in [-0.2, 0) is 28.6 Å². The average Bonchev–Trinajstić information content (AvgIpc) is 3.30. The van der Waals surface area contributed by atoms with Crippen LogP contribution < -0.4 is 0 Å². The van der Waals surface area contributed by atoms with Crippen molar-refractivity contribution >= 4 is 17.9 Å². The molecule has 1 saturated heterocycles. The van der Waals surface area contributed by atoms with Crippen molar-refractivity contribution in [3.8, 4) is 0 Å². The van der Waals surface area contributed by atoms with Gasteiger partial charge in [0.2, 0.25) is 0 Å². The van der Waals surface area contributed by atoms with E-state index in [1.807, 2.05) is 0 Å². The van der Waals surface area contributed by atoms with Gasteiger partial charge in [-0.2, -0.15) is 0 Å². The summed E-state index contributed by atoms with van der Waals surface area (Å²) in [6, 6.07) is 0. The number of hydrogen-bond donors (Lipinski definition) is 0. The molecule has 4 rings (SSSR count). The Labute approximate surface area is 153 Å². The first kappa shape index (κ1) is 17.8. The maximum absolute atomic E-state index is 13.1. The van der Waals surface area contributed by atoms with Crippen molar-refractivity contribution in [1.82, 2.24) is 0 Å². The van der Waals surface area contributed by atoms with Crippen LogP contribution in [0.4, 0.5) is 0 Å². The lowest BCUT2D eigenvalue weighted by atomic mass is 9.78. The predicted octanol–water partition coefficient (Wildman–Crippen LogP) is 2.59. The standard InChI is InChI=1S/C20H27O6/c1-3-4-7-20(8-5-6-9-20)26-19(23)15-13-10-12-14(15)18(22)25-17(12)16(13)24-11(2)21/h12-17H,2-10H2,1H3. The molecule has 4 aliphatic rings. The van der Waals surface area contributed by atoms with E-state index in [0.29, 0.717) is 6.42 Å². The first-order valence-corrected chi connectivity index (χ1v) is 9.92. The molecule has 1 heterocycles. The SMILES string of the molecule is [CH2]C(=O)OC1C2CC3C1OC(=O)C3C2C(=O)OC1(CCCC)CCCC1. The number of carbonyl (C=O) groups is 3. The number of esters is 3. The minimum Gasteiger partial charge on any atom is -0.459 e. The van der Waals surface area contributed by atoms with E-state index in [1.54, 1.807) is 0 Å². The molecule has 0 amide bonds. The molecule has 0 N–H and O–H groups in total. The third-order valence-corrected chi connectivity index (χ3v) is 6.90. The highest BCUT2D eigenvalue weighted by molar-refractivity contribution is 5.86. The van der Waals surface area contributed by atoms with E-state index in [2.05, 4.69) is 13.8 Å². The molecule has 6 unspecified atom stereocenters. The number of rotatable bonds is 6. The van der Waals surface area contributed by atoms with Gasteiger partial charge in [0.25, 0.3) is 0 Å². The Morgan fingerprint density at radius 2 is 2.00 bits per heavy atom. The van der Waals surface area contributed by atoms with Crippen LogP contribution in [0.3, 0.4) is 0 Å². The largest absolute Gasteiger partial charge is 0.459 e. The summed E-state index contributed by atoms with van der Waals surface area (Å²) in [6.07, 6.45) is 6.58. The van der Waals surface area contributed by atoms with E-state index in [4.69, 9.17) is 14.2 Å². The third kappa shape index (κ3) is 2.72. The fraction of sp³-hybridized carbons (Fsp3) is 0.800. The van der Waals surface area contributed by atoms with Crippen LogP contribution in [0.1, 0.15) is 58.3 Å². The molecule has 6 nitrogen and oxygen atoms in total. The van der Waals surface area contributed by atoms with Gasteiger partial charge in [-0.25, -0.2) is 0 Å². The first-order valence-electron chi connectivity index (χ1n) is 9.92. The monoisotopic (exact) mass is 363 g/mol. The fourth-order valence-corrected chi connectivity index (χ4v) is 5.82. The van der Waals surface area contributed by atoms with Crippen LogP contribution in [-0.4, -0.2) is 35.7 Å². The van der Waals surface area contributed by atoms with Gasteiger partial charge in [-0.1, -0.05) is 13.3 Å². The van der Waals surface area contributed by atoms with Crippen LogP contribution in [0.25, 0.3) is 0 Å². The average molecular weight is 363 g/mol. The van der Waals surface area contributed by atoms with Crippen LogP contribution in [0.15, 0.2) is 0 Å². The van der Waals surface area contributed by atoms with Crippen molar-refractivity contribution in [2.75, 3.05) is 0 Å². The molecule has 3 saturated carbocycles. The van der Waals surface area contributed by atoms with E-state index in [9.17, 15) is 14.4 Å². The highest BCUT2D eigenvalue weighted by Crippen LogP contribution is 2.59. The van der Waals surface area contributed by atoms with E-state index < -0.39 is 30.0 Å². The molecule has 6 atom stereocenters. The molecule has 0 aromatic heterocycles. The van der Waals surface area contributed by atoms with Gasteiger partial charge in [0.05, 0.1) is 18.8 Å². The number of ether oxygens (including phenoxy) is 3. The Balaban J connectivity index is 1.53. The second-order valence-corrected chi connectivity index (χ2v) is 8.39. The molecule has 1 radical (unpaired) electrons. The van der Waals surface area contributed by atoms with Gasteiger partial charge in [0.1, 0.15) is 17.8 Å². The molecule has 0 spiro atoms. The molecule has 1 aliphatic heterocycles. The lowest BCUT2D eigenvalue weighted by molar-refractivity contribution is -0.174. The van der Waals surface area contributed by atoms with Gasteiger partial charge >= 0.3 is 17.9 Å². The molecule has 4 fully saturated rings. The van der Waals surface area contributed by atoms with Crippen molar-refractivity contribution in [1.29, 1.82) is 0 Å². The van der Waals surface area contributed by atoms with Gasteiger partial charge in [0, 0.05) is 11.8 Å². The number of carbonyl (C=O) groups excluding carboxylic acids is 3. The smallest absolute Gasteiger partial charge is 0.310 e. The molecular formula is C20H27O6. The topological polar surface area (TPSA) is 78.9 Å². The summed E-state index contributed by atoms with van der Waals surface area (Å²) in [5.74, 6) is -2.56. The van der Waals surface area contributed by atoms with Crippen molar-refractivity contribution in [2.24, 2.45) is 23.7 Å². The van der Waals surface area contributed by atoms with E-state index in [1.165, 1.54) is 0 Å². The van der Waals surface area contributed by atoms with Gasteiger partial charge < -0.3 is 14.2 Å². The van der Waals surface area contributed by atoms with Crippen LogP contribution in [0.5, 0.6) is 0 Å². The highest BCUT2D eigenvalue weighted by atomic mass is 16.6. The van der Waals surface area contributed by atoms with Gasteiger partial charge in [-0.15, -0.1) is 0 Å². The molecule has 143 valence electrons. The maximum atomic E-state index is 13.1. The second-order valence-electron chi connectivity index (χ2n) is 8.39. The summed E-state index contributed by atoms with van der Waals surface area (Å²) in [7, 11) is 0. The summed E-state index contributed by atoms with van der Waals surface area (Å²) in [5.41, 5.74) is -0.380. The Kier molecular flexibility index (Phi) is 4.48. The number of fused-ring (bicyclic) bond motifs is 1. The van der Waals surface area contributed by atoms with Crippen molar-refractivity contribution in [3.63, 3.8) is 0 Å². The van der Waals surface area contributed by atoms with Crippen LogP contribution in [0, 0.1) is 30.6 Å². The normalized spacial score (nSPS) is 39.1. The summed E-state index contributed by atoms with van der Waals surface area (Å²) in [5, 5.41) is 0. The minimum absolute atomic E-state index is 0.0513. The van der Waals surface area contributed by atoms with Crippen molar-refractivity contribution in [2.45, 2.75) is 76.1 Å². The van der Waals surface area contributed by atoms with Crippen LogP contribution >= 0.6 is 0 Å². The fourth-order valence-electron chi connectivity index (χ4n) is 5.82.